The van der Waals surface area contributed by atoms with Crippen LogP contribution in [0.25, 0.3) is 0 Å². The zero-order chi connectivity index (χ0) is 15.2. The third-order valence-corrected chi connectivity index (χ3v) is 3.85. The van der Waals surface area contributed by atoms with E-state index >= 15 is 0 Å². The van der Waals surface area contributed by atoms with Crippen molar-refractivity contribution < 1.29 is 15.1 Å². The van der Waals surface area contributed by atoms with Gasteiger partial charge in [-0.2, -0.15) is 0 Å². The number of aliphatic hydroxyl groups is 1. The Kier molecular flexibility index (Phi) is 5.16. The molecule has 6 heteroatoms. The summed E-state index contributed by atoms with van der Waals surface area (Å²) in [5, 5.41) is 20.6. The molecule has 0 bridgehead atoms. The van der Waals surface area contributed by atoms with E-state index < -0.39 is 0 Å². The van der Waals surface area contributed by atoms with Crippen LogP contribution in [-0.2, 0) is 0 Å². The molecule has 1 aliphatic rings. The van der Waals surface area contributed by atoms with Crippen molar-refractivity contribution in [3.05, 3.63) is 35.4 Å². The lowest BCUT2D eigenvalue weighted by Gasteiger charge is -2.24. The fourth-order valence-corrected chi connectivity index (χ4v) is 2.77. The van der Waals surface area contributed by atoms with Crippen molar-refractivity contribution in [2.45, 2.75) is 31.7 Å². The van der Waals surface area contributed by atoms with Gasteiger partial charge in [0.05, 0.1) is 0 Å². The van der Waals surface area contributed by atoms with E-state index in [4.69, 9.17) is 16.0 Å². The highest BCUT2D eigenvalue weighted by Gasteiger charge is 2.28. The van der Waals surface area contributed by atoms with Gasteiger partial charge in [0.1, 0.15) is 0 Å². The van der Waals surface area contributed by atoms with Gasteiger partial charge in [0, 0.05) is 30.3 Å². The van der Waals surface area contributed by atoms with Gasteiger partial charge < -0.3 is 20.9 Å². The minimum atomic E-state index is -0.0389. The van der Waals surface area contributed by atoms with E-state index in [-0.39, 0.29) is 24.4 Å². The van der Waals surface area contributed by atoms with Crippen molar-refractivity contribution >= 4 is 11.7 Å². The summed E-state index contributed by atoms with van der Waals surface area (Å²) in [4.78, 5) is 14.5. The van der Waals surface area contributed by atoms with Gasteiger partial charge in [0.2, 0.25) is 0 Å². The molecule has 1 aliphatic heterocycles. The quantitative estimate of drug-likeness (QED) is 0.328. The third kappa shape index (κ3) is 3.52. The van der Waals surface area contributed by atoms with Gasteiger partial charge in [-0.1, -0.05) is 17.3 Å². The molecule has 1 aromatic carbocycles. The normalized spacial score (nSPS) is 19.0. The number of nitrogens with zero attached hydrogens (tertiary/aromatic N) is 2. The largest absolute Gasteiger partial charge is 0.409 e. The number of carbonyl (C=O) groups is 1. The molecule has 1 aromatic rings. The number of amides is 1. The molecule has 0 spiro atoms. The fourth-order valence-electron chi connectivity index (χ4n) is 2.77. The summed E-state index contributed by atoms with van der Waals surface area (Å²) in [5.41, 5.74) is 6.62. The van der Waals surface area contributed by atoms with Crippen LogP contribution in [0.2, 0.25) is 0 Å². The topological polar surface area (TPSA) is 99.2 Å². The Balaban J connectivity index is 2.15. The maximum atomic E-state index is 12.6. The maximum Gasteiger partial charge on any atom is 0.254 e. The van der Waals surface area contributed by atoms with Gasteiger partial charge in [0.15, 0.2) is 5.84 Å². The lowest BCUT2D eigenvalue weighted by atomic mass is 10.1. The Morgan fingerprint density at radius 3 is 2.90 bits per heavy atom. The van der Waals surface area contributed by atoms with Crippen LogP contribution >= 0.6 is 0 Å². The van der Waals surface area contributed by atoms with E-state index in [1.54, 1.807) is 24.3 Å². The number of oxime groups is 1. The standard InChI is InChI=1S/C15H21N3O3/c16-14(17-21)11-4-1-5-12(10-11)15(20)18-8-2-6-13(18)7-3-9-19/h1,4-5,10,13,19,21H,2-3,6-9H2,(H2,16,17). The summed E-state index contributed by atoms with van der Waals surface area (Å²) in [7, 11) is 0. The number of carbonyl (C=O) groups excluding carboxylic acids is 1. The predicted octanol–water partition coefficient (Wildman–Crippen LogP) is 1.16. The molecular formula is C15H21N3O3. The molecule has 1 heterocycles. The molecular weight excluding hydrogens is 270 g/mol. The zero-order valence-electron chi connectivity index (χ0n) is 11.9. The number of likely N-dealkylation sites (tertiary alicyclic amines) is 1. The van der Waals surface area contributed by atoms with Crippen molar-refractivity contribution in [1.29, 1.82) is 0 Å². The minimum Gasteiger partial charge on any atom is -0.409 e. The van der Waals surface area contributed by atoms with E-state index in [0.717, 1.165) is 25.8 Å². The molecule has 4 N–H and O–H groups in total. The first-order chi connectivity index (χ1) is 10.2. The molecule has 21 heavy (non-hydrogen) atoms. The summed E-state index contributed by atoms with van der Waals surface area (Å²) in [6, 6.07) is 6.98. The molecule has 0 aromatic heterocycles. The summed E-state index contributed by atoms with van der Waals surface area (Å²) in [5.74, 6) is -0.0501. The van der Waals surface area contributed by atoms with E-state index in [0.29, 0.717) is 17.5 Å². The number of hydrogen-bond acceptors (Lipinski definition) is 4. The van der Waals surface area contributed by atoms with E-state index in [2.05, 4.69) is 5.16 Å². The highest BCUT2D eigenvalue weighted by Crippen LogP contribution is 2.23. The van der Waals surface area contributed by atoms with Crippen LogP contribution in [0.5, 0.6) is 0 Å². The van der Waals surface area contributed by atoms with Crippen LogP contribution < -0.4 is 5.73 Å². The molecule has 0 radical (unpaired) electrons. The first kappa shape index (κ1) is 15.3. The number of amidine groups is 1. The Hall–Kier alpha value is -2.08. The second kappa shape index (κ2) is 7.08. The average molecular weight is 291 g/mol. The van der Waals surface area contributed by atoms with Crippen LogP contribution in [0.15, 0.2) is 29.4 Å². The summed E-state index contributed by atoms with van der Waals surface area (Å²) < 4.78 is 0. The Labute approximate surface area is 123 Å². The van der Waals surface area contributed by atoms with Crippen molar-refractivity contribution in [3.8, 4) is 0 Å². The van der Waals surface area contributed by atoms with Crippen LogP contribution in [0, 0.1) is 0 Å². The number of hydrogen-bond donors (Lipinski definition) is 3. The van der Waals surface area contributed by atoms with E-state index in [1.807, 2.05) is 4.90 Å². The van der Waals surface area contributed by atoms with Gasteiger partial charge in [-0.25, -0.2) is 0 Å². The lowest BCUT2D eigenvalue weighted by Crippen LogP contribution is -2.35. The van der Waals surface area contributed by atoms with Gasteiger partial charge in [-0.05, 0) is 37.8 Å². The molecule has 1 atom stereocenters. The van der Waals surface area contributed by atoms with E-state index in [1.165, 1.54) is 0 Å². The highest BCUT2D eigenvalue weighted by atomic mass is 16.4. The van der Waals surface area contributed by atoms with Gasteiger partial charge in [-0.15, -0.1) is 0 Å². The molecule has 1 saturated heterocycles. The molecule has 114 valence electrons. The summed E-state index contributed by atoms with van der Waals surface area (Å²) in [6.07, 6.45) is 3.49. The Bertz CT molecular complexity index is 531. The monoisotopic (exact) mass is 291 g/mol. The van der Waals surface area contributed by atoms with Crippen molar-refractivity contribution in [3.63, 3.8) is 0 Å². The number of aliphatic hydroxyl groups excluding tert-OH is 1. The van der Waals surface area contributed by atoms with Gasteiger partial charge in [0.25, 0.3) is 5.91 Å². The molecule has 0 aliphatic carbocycles. The van der Waals surface area contributed by atoms with Crippen molar-refractivity contribution in [1.82, 2.24) is 4.90 Å². The summed E-state index contributed by atoms with van der Waals surface area (Å²) >= 11 is 0. The number of benzene rings is 1. The predicted molar refractivity (Wildman–Crippen MR) is 79.3 cm³/mol. The number of nitrogens with two attached hydrogens (primary N) is 1. The molecule has 1 fully saturated rings. The zero-order valence-corrected chi connectivity index (χ0v) is 11.9. The van der Waals surface area contributed by atoms with Gasteiger partial charge in [-0.3, -0.25) is 4.79 Å². The molecule has 2 rings (SSSR count). The average Bonchev–Trinajstić information content (AvgIpc) is 2.99. The Morgan fingerprint density at radius 1 is 1.43 bits per heavy atom. The number of rotatable bonds is 5. The SMILES string of the molecule is NC(=NO)c1cccc(C(=O)N2CCCC2CCCO)c1. The van der Waals surface area contributed by atoms with Gasteiger partial charge >= 0.3 is 0 Å². The van der Waals surface area contributed by atoms with Crippen molar-refractivity contribution in [2.24, 2.45) is 10.9 Å². The first-order valence-electron chi connectivity index (χ1n) is 7.17. The second-order valence-corrected chi connectivity index (χ2v) is 5.23. The van der Waals surface area contributed by atoms with Crippen LogP contribution in [0.1, 0.15) is 41.6 Å². The molecule has 0 saturated carbocycles. The van der Waals surface area contributed by atoms with Crippen LogP contribution in [0.4, 0.5) is 0 Å². The second-order valence-electron chi connectivity index (χ2n) is 5.23. The maximum absolute atomic E-state index is 12.6. The molecule has 6 nitrogen and oxygen atoms in total. The minimum absolute atomic E-state index is 0.0112. The van der Waals surface area contributed by atoms with Crippen LogP contribution in [-0.4, -0.2) is 46.1 Å². The smallest absolute Gasteiger partial charge is 0.254 e. The van der Waals surface area contributed by atoms with Crippen molar-refractivity contribution in [2.75, 3.05) is 13.2 Å². The molecule has 1 unspecified atom stereocenters. The molecule has 1 amide bonds. The van der Waals surface area contributed by atoms with Crippen LogP contribution in [0.3, 0.4) is 0 Å². The van der Waals surface area contributed by atoms with E-state index in [9.17, 15) is 4.79 Å². The lowest BCUT2D eigenvalue weighted by molar-refractivity contribution is 0.0724. The first-order valence-corrected chi connectivity index (χ1v) is 7.17. The highest BCUT2D eigenvalue weighted by molar-refractivity contribution is 6.01. The fraction of sp³-hybridized carbons (Fsp3) is 0.467. The Morgan fingerprint density at radius 2 is 2.19 bits per heavy atom. The third-order valence-electron chi connectivity index (χ3n) is 3.85. The summed E-state index contributed by atoms with van der Waals surface area (Å²) in [6.45, 7) is 0.889.